The molecule has 0 aromatic carbocycles. The molecule has 0 aliphatic heterocycles. The van der Waals surface area contributed by atoms with Gasteiger partial charge in [0.2, 0.25) is 0 Å². The van der Waals surface area contributed by atoms with E-state index in [0.29, 0.717) is 12.0 Å². The van der Waals surface area contributed by atoms with E-state index in [1.807, 2.05) is 12.2 Å². The average Bonchev–Trinajstić information content (AvgIpc) is 2.16. The third-order valence-electron chi connectivity index (χ3n) is 2.58. The van der Waals surface area contributed by atoms with Crippen LogP contribution in [0.1, 0.15) is 54.9 Å². The topological polar surface area (TPSA) is 23.8 Å². The van der Waals surface area contributed by atoms with Gasteiger partial charge in [-0.05, 0) is 17.3 Å². The van der Waals surface area contributed by atoms with Crippen molar-refractivity contribution in [3.63, 3.8) is 0 Å². The Labute approximate surface area is 128 Å². The van der Waals surface area contributed by atoms with Gasteiger partial charge >= 0.3 is 19.5 Å². The first-order valence-corrected chi connectivity index (χ1v) is 6.31. The van der Waals surface area contributed by atoms with Crippen LogP contribution >= 0.6 is 0 Å². The summed E-state index contributed by atoms with van der Waals surface area (Å²) in [4.78, 5) is 0. The van der Waals surface area contributed by atoms with Crippen LogP contribution in [0.5, 0.6) is 0 Å². The van der Waals surface area contributed by atoms with Crippen LogP contribution in [0.3, 0.4) is 0 Å². The minimum Gasteiger partial charge on any atom is -0.677 e. The summed E-state index contributed by atoms with van der Waals surface area (Å²) >= 11 is 0. The Hall–Kier alpha value is 0.0634. The van der Waals surface area contributed by atoms with E-state index < -0.39 is 0 Å². The Balaban J connectivity index is -0.000000277. The number of hydrogen-bond acceptors (Lipinski definition) is 0. The zero-order valence-electron chi connectivity index (χ0n) is 13.3. The van der Waals surface area contributed by atoms with Crippen molar-refractivity contribution in [1.29, 1.82) is 0 Å². The van der Waals surface area contributed by atoms with E-state index in [1.54, 1.807) is 0 Å². The summed E-state index contributed by atoms with van der Waals surface area (Å²) in [7, 11) is 0. The van der Waals surface area contributed by atoms with E-state index in [4.69, 9.17) is 5.73 Å². The Morgan fingerprint density at radius 2 is 1.22 bits per heavy atom. The van der Waals surface area contributed by atoms with E-state index in [9.17, 15) is 0 Å². The maximum atomic E-state index is 7.33. The van der Waals surface area contributed by atoms with E-state index in [0.717, 1.165) is 6.42 Å². The molecule has 0 unspecified atom stereocenters. The predicted molar refractivity (Wildman–Crippen MR) is 81.2 cm³/mol. The van der Waals surface area contributed by atoms with Crippen LogP contribution in [0.15, 0.2) is 25.3 Å². The van der Waals surface area contributed by atoms with Crippen LogP contribution in [0.4, 0.5) is 0 Å². The van der Waals surface area contributed by atoms with Crippen LogP contribution in [0, 0.1) is 16.2 Å². The smallest absolute Gasteiger partial charge is 0.677 e. The fourth-order valence-electron chi connectivity index (χ4n) is 1.37. The normalized spacial score (nSPS) is 11.8. The van der Waals surface area contributed by atoms with Gasteiger partial charge in [-0.2, -0.15) is 0 Å². The van der Waals surface area contributed by atoms with Gasteiger partial charge in [0.15, 0.2) is 0 Å². The van der Waals surface area contributed by atoms with Gasteiger partial charge in [-0.25, -0.2) is 0 Å². The molecule has 0 rings (SSSR count). The molecule has 1 nitrogen and oxygen atoms in total. The first kappa shape index (κ1) is 23.2. The predicted octanol–water partition coefficient (Wildman–Crippen LogP) is 5.88. The SMILES string of the molecule is C=CC(C)(C)C.C=CC(C)(C)CC(C)(C)C[NH-].[Ru+]. The quantitative estimate of drug-likeness (QED) is 0.451. The zero-order chi connectivity index (χ0) is 14.3. The van der Waals surface area contributed by atoms with E-state index in [2.05, 4.69) is 61.6 Å². The Morgan fingerprint density at radius 3 is 1.39 bits per heavy atom. The van der Waals surface area contributed by atoms with E-state index in [-0.39, 0.29) is 30.3 Å². The van der Waals surface area contributed by atoms with Gasteiger partial charge in [-0.1, -0.05) is 66.0 Å². The zero-order valence-corrected chi connectivity index (χ0v) is 15.1. The van der Waals surface area contributed by atoms with Gasteiger partial charge < -0.3 is 5.73 Å². The summed E-state index contributed by atoms with van der Waals surface area (Å²) in [5.41, 5.74) is 7.93. The summed E-state index contributed by atoms with van der Waals surface area (Å²) in [6.07, 6.45) is 4.95. The summed E-state index contributed by atoms with van der Waals surface area (Å²) < 4.78 is 0. The summed E-state index contributed by atoms with van der Waals surface area (Å²) in [6.45, 7) is 22.9. The molecular formula is C16H32NRu. The molecule has 0 heterocycles. The number of hydrogen-bond donors (Lipinski definition) is 0. The monoisotopic (exact) mass is 340 g/mol. The molecule has 0 fully saturated rings. The third-order valence-corrected chi connectivity index (χ3v) is 2.58. The van der Waals surface area contributed by atoms with Gasteiger partial charge in [0.25, 0.3) is 0 Å². The van der Waals surface area contributed by atoms with Crippen molar-refractivity contribution >= 4 is 0 Å². The summed E-state index contributed by atoms with van der Waals surface area (Å²) in [5, 5.41) is 0. The van der Waals surface area contributed by atoms with Crippen molar-refractivity contribution in [1.82, 2.24) is 0 Å². The molecule has 0 atom stereocenters. The molecule has 18 heavy (non-hydrogen) atoms. The molecule has 0 bridgehead atoms. The Kier molecular flexibility index (Phi) is 11.6. The molecule has 1 N–H and O–H groups in total. The maximum Gasteiger partial charge on any atom is 1.00 e. The van der Waals surface area contributed by atoms with Crippen LogP contribution in [0.2, 0.25) is 0 Å². The van der Waals surface area contributed by atoms with E-state index in [1.165, 1.54) is 0 Å². The van der Waals surface area contributed by atoms with Crippen LogP contribution in [-0.2, 0) is 19.5 Å². The van der Waals surface area contributed by atoms with Crippen molar-refractivity contribution in [2.45, 2.75) is 54.9 Å². The van der Waals surface area contributed by atoms with E-state index >= 15 is 0 Å². The molecule has 1 radical (unpaired) electrons. The molecule has 0 aliphatic carbocycles. The van der Waals surface area contributed by atoms with Crippen molar-refractivity contribution in [2.24, 2.45) is 16.2 Å². The number of allylic oxidation sites excluding steroid dienone is 2. The van der Waals surface area contributed by atoms with Crippen LogP contribution < -0.4 is 0 Å². The molecule has 2 heteroatoms. The van der Waals surface area contributed by atoms with Gasteiger partial charge in [0, 0.05) is 0 Å². The van der Waals surface area contributed by atoms with Crippen molar-refractivity contribution < 1.29 is 19.5 Å². The molecule has 0 spiro atoms. The van der Waals surface area contributed by atoms with Gasteiger partial charge in [0.05, 0.1) is 0 Å². The number of rotatable bonds is 4. The fourth-order valence-corrected chi connectivity index (χ4v) is 1.37. The summed E-state index contributed by atoms with van der Waals surface area (Å²) in [6, 6.07) is 0. The minimum absolute atomic E-state index is 0. The van der Waals surface area contributed by atoms with Crippen molar-refractivity contribution in [3.8, 4) is 0 Å². The van der Waals surface area contributed by atoms with Gasteiger partial charge in [-0.15, -0.1) is 19.7 Å². The average molecular weight is 340 g/mol. The fraction of sp³-hybridized carbons (Fsp3) is 0.750. The second kappa shape index (κ2) is 9.04. The Bertz CT molecular complexity index is 234. The minimum atomic E-state index is 0. The van der Waals surface area contributed by atoms with Crippen molar-refractivity contribution in [3.05, 3.63) is 31.0 Å². The largest absolute Gasteiger partial charge is 1.00 e. The van der Waals surface area contributed by atoms with Gasteiger partial charge in [0.1, 0.15) is 0 Å². The third kappa shape index (κ3) is 16.1. The molecule has 0 aliphatic rings. The number of nitrogens with one attached hydrogen (secondary N) is 1. The second-order valence-corrected chi connectivity index (χ2v) is 7.28. The molecular weight excluding hydrogens is 307 g/mol. The standard InChI is InChI=1S/C10H20N.C6H12.Ru/c1-6-9(2,3)7-10(4,5)8-11;1-5-6(2,3)4;/h6,11H,1,7-8H2,2-5H3;5H,1H2,2-4H3;/q-1;;+1. The maximum absolute atomic E-state index is 7.33. The Morgan fingerprint density at radius 1 is 0.889 bits per heavy atom. The molecule has 0 saturated heterocycles. The molecule has 0 aromatic rings. The first-order chi connectivity index (χ1) is 7.39. The molecule has 0 saturated carbocycles. The van der Waals surface area contributed by atoms with Crippen LogP contribution in [-0.4, -0.2) is 6.54 Å². The van der Waals surface area contributed by atoms with Crippen LogP contribution in [0.25, 0.3) is 5.73 Å². The first-order valence-electron chi connectivity index (χ1n) is 6.31. The summed E-state index contributed by atoms with van der Waals surface area (Å²) in [5.74, 6) is 0. The second-order valence-electron chi connectivity index (χ2n) is 7.28. The molecule has 0 aromatic heterocycles. The molecule has 109 valence electrons. The van der Waals surface area contributed by atoms with Gasteiger partial charge in [-0.3, -0.25) is 0 Å². The van der Waals surface area contributed by atoms with Crippen molar-refractivity contribution in [2.75, 3.05) is 6.54 Å². The molecule has 0 amide bonds.